The molecule has 0 atom stereocenters. The Kier molecular flexibility index (Phi) is 4.04. The van der Waals surface area contributed by atoms with Crippen LogP contribution in [0.15, 0.2) is 17.8 Å². The minimum Gasteiger partial charge on any atom is -0.338 e. The molecule has 22 heavy (non-hydrogen) atoms. The van der Waals surface area contributed by atoms with Crippen LogP contribution < -0.4 is 0 Å². The Morgan fingerprint density at radius 2 is 2.14 bits per heavy atom. The van der Waals surface area contributed by atoms with Gasteiger partial charge in [-0.1, -0.05) is 6.92 Å². The van der Waals surface area contributed by atoms with Crippen molar-refractivity contribution in [3.05, 3.63) is 34.0 Å². The second-order valence-corrected chi connectivity index (χ2v) is 7.07. The molecule has 6 heteroatoms. The number of hydrogen-bond donors (Lipinski definition) is 0. The van der Waals surface area contributed by atoms with E-state index < -0.39 is 0 Å². The topological polar surface area (TPSA) is 51.0 Å². The molecule has 0 unspecified atom stereocenters. The van der Waals surface area contributed by atoms with Gasteiger partial charge in [0, 0.05) is 42.8 Å². The smallest absolute Gasteiger partial charge is 0.257 e. The first-order valence-electron chi connectivity index (χ1n) is 7.77. The SMILES string of the molecule is CCn1cc(C(=O)N2CCC(C)(c3nccs3)CC2)c(C)n1. The molecular formula is C16H22N4OS. The molecule has 0 radical (unpaired) electrons. The Bertz CT molecular complexity index is 654. The summed E-state index contributed by atoms with van der Waals surface area (Å²) < 4.78 is 1.83. The summed E-state index contributed by atoms with van der Waals surface area (Å²) in [6.45, 7) is 8.55. The molecule has 0 saturated carbocycles. The Morgan fingerprint density at radius 1 is 1.41 bits per heavy atom. The first-order chi connectivity index (χ1) is 10.5. The molecule has 1 aliphatic heterocycles. The van der Waals surface area contributed by atoms with Gasteiger partial charge < -0.3 is 4.90 Å². The largest absolute Gasteiger partial charge is 0.338 e. The molecule has 3 heterocycles. The maximum Gasteiger partial charge on any atom is 0.257 e. The van der Waals surface area contributed by atoms with E-state index in [1.807, 2.05) is 41.2 Å². The average molecular weight is 318 g/mol. The lowest BCUT2D eigenvalue weighted by Crippen LogP contribution is -2.44. The number of likely N-dealkylation sites (tertiary alicyclic amines) is 1. The predicted octanol–water partition coefficient (Wildman–Crippen LogP) is 2.86. The summed E-state index contributed by atoms with van der Waals surface area (Å²) in [5.41, 5.74) is 1.66. The van der Waals surface area contributed by atoms with Gasteiger partial charge in [-0.3, -0.25) is 9.48 Å². The summed E-state index contributed by atoms with van der Waals surface area (Å²) in [4.78, 5) is 19.1. The van der Waals surface area contributed by atoms with Crippen LogP contribution in [0.2, 0.25) is 0 Å². The van der Waals surface area contributed by atoms with Crippen LogP contribution in [-0.4, -0.2) is 38.7 Å². The molecule has 0 bridgehead atoms. The fourth-order valence-corrected chi connectivity index (χ4v) is 3.86. The monoisotopic (exact) mass is 318 g/mol. The minimum absolute atomic E-state index is 0.105. The summed E-state index contributed by atoms with van der Waals surface area (Å²) in [5.74, 6) is 0.110. The lowest BCUT2D eigenvalue weighted by Gasteiger charge is -2.38. The van der Waals surface area contributed by atoms with Crippen LogP contribution in [-0.2, 0) is 12.0 Å². The van der Waals surface area contributed by atoms with Crippen LogP contribution in [0.1, 0.15) is 47.7 Å². The van der Waals surface area contributed by atoms with E-state index in [1.54, 1.807) is 11.3 Å². The third kappa shape index (κ3) is 2.67. The summed E-state index contributed by atoms with van der Waals surface area (Å²) in [6.07, 6.45) is 5.66. The van der Waals surface area contributed by atoms with Crippen LogP contribution in [0.25, 0.3) is 0 Å². The maximum absolute atomic E-state index is 12.7. The zero-order valence-electron chi connectivity index (χ0n) is 13.4. The van der Waals surface area contributed by atoms with Crippen molar-refractivity contribution in [3.8, 4) is 0 Å². The summed E-state index contributed by atoms with van der Waals surface area (Å²) in [5, 5.41) is 7.59. The van der Waals surface area contributed by atoms with Gasteiger partial charge in [0.2, 0.25) is 0 Å². The number of aryl methyl sites for hydroxylation is 2. The summed E-state index contributed by atoms with van der Waals surface area (Å²) >= 11 is 1.72. The van der Waals surface area contributed by atoms with Gasteiger partial charge in [0.05, 0.1) is 16.3 Å². The van der Waals surface area contributed by atoms with E-state index in [1.165, 1.54) is 5.01 Å². The van der Waals surface area contributed by atoms with Crippen LogP contribution in [0.3, 0.4) is 0 Å². The van der Waals surface area contributed by atoms with Crippen molar-refractivity contribution >= 4 is 17.2 Å². The molecule has 0 N–H and O–H groups in total. The van der Waals surface area contributed by atoms with Crippen molar-refractivity contribution in [2.24, 2.45) is 0 Å². The zero-order chi connectivity index (χ0) is 15.7. The number of carbonyl (C=O) groups excluding carboxylic acids is 1. The van der Waals surface area contributed by atoms with E-state index in [4.69, 9.17) is 0 Å². The summed E-state index contributed by atoms with van der Waals surface area (Å²) in [7, 11) is 0. The van der Waals surface area contributed by atoms with Crippen molar-refractivity contribution in [1.82, 2.24) is 19.7 Å². The Morgan fingerprint density at radius 3 is 2.68 bits per heavy atom. The lowest BCUT2D eigenvalue weighted by atomic mass is 9.81. The van der Waals surface area contributed by atoms with Gasteiger partial charge in [0.1, 0.15) is 0 Å². The Balaban J connectivity index is 1.71. The number of rotatable bonds is 3. The second-order valence-electron chi connectivity index (χ2n) is 6.17. The number of carbonyl (C=O) groups is 1. The van der Waals surface area contributed by atoms with Gasteiger partial charge >= 0.3 is 0 Å². The highest BCUT2D eigenvalue weighted by Gasteiger charge is 2.35. The molecule has 118 valence electrons. The molecule has 1 amide bonds. The molecule has 0 aliphatic carbocycles. The molecule has 1 fully saturated rings. The Labute approximate surface area is 135 Å². The minimum atomic E-state index is 0.105. The molecule has 2 aromatic rings. The molecular weight excluding hydrogens is 296 g/mol. The van der Waals surface area contributed by atoms with E-state index in [0.29, 0.717) is 0 Å². The van der Waals surface area contributed by atoms with Crippen molar-refractivity contribution in [1.29, 1.82) is 0 Å². The van der Waals surface area contributed by atoms with E-state index in [2.05, 4.69) is 17.0 Å². The average Bonchev–Trinajstić information content (AvgIpc) is 3.17. The fraction of sp³-hybridized carbons (Fsp3) is 0.562. The van der Waals surface area contributed by atoms with E-state index in [0.717, 1.165) is 43.7 Å². The van der Waals surface area contributed by atoms with E-state index in [9.17, 15) is 4.79 Å². The molecule has 0 spiro atoms. The van der Waals surface area contributed by atoms with Crippen LogP contribution in [0.4, 0.5) is 0 Å². The number of aromatic nitrogens is 3. The van der Waals surface area contributed by atoms with Gasteiger partial charge in [0.25, 0.3) is 5.91 Å². The van der Waals surface area contributed by atoms with Crippen molar-refractivity contribution < 1.29 is 4.79 Å². The molecule has 5 nitrogen and oxygen atoms in total. The maximum atomic E-state index is 12.7. The van der Waals surface area contributed by atoms with Crippen LogP contribution >= 0.6 is 11.3 Å². The number of nitrogens with zero attached hydrogens (tertiary/aromatic N) is 4. The van der Waals surface area contributed by atoms with Gasteiger partial charge in [-0.05, 0) is 26.7 Å². The van der Waals surface area contributed by atoms with E-state index >= 15 is 0 Å². The molecule has 3 rings (SSSR count). The first-order valence-corrected chi connectivity index (χ1v) is 8.65. The standard InChI is InChI=1S/C16H22N4OS/c1-4-20-11-13(12(2)18-20)14(21)19-8-5-16(3,6-9-19)15-17-7-10-22-15/h7,10-11H,4-6,8-9H2,1-3H3. The second kappa shape index (κ2) is 5.83. The quantitative estimate of drug-likeness (QED) is 0.874. The molecule has 1 aliphatic rings. The number of piperidine rings is 1. The normalized spacial score (nSPS) is 17.7. The van der Waals surface area contributed by atoms with Crippen molar-refractivity contribution in [2.75, 3.05) is 13.1 Å². The summed E-state index contributed by atoms with van der Waals surface area (Å²) in [6, 6.07) is 0. The third-order valence-corrected chi connectivity index (χ3v) is 5.68. The van der Waals surface area contributed by atoms with Crippen molar-refractivity contribution in [2.45, 2.75) is 45.6 Å². The van der Waals surface area contributed by atoms with Gasteiger partial charge in [-0.15, -0.1) is 11.3 Å². The predicted molar refractivity (Wildman–Crippen MR) is 87.2 cm³/mol. The van der Waals surface area contributed by atoms with Crippen molar-refractivity contribution in [3.63, 3.8) is 0 Å². The lowest BCUT2D eigenvalue weighted by molar-refractivity contribution is 0.0675. The van der Waals surface area contributed by atoms with Gasteiger partial charge in [0.15, 0.2) is 0 Å². The number of amides is 1. The van der Waals surface area contributed by atoms with Crippen LogP contribution in [0.5, 0.6) is 0 Å². The highest BCUT2D eigenvalue weighted by atomic mass is 32.1. The number of thiazole rings is 1. The zero-order valence-corrected chi connectivity index (χ0v) is 14.2. The molecule has 2 aromatic heterocycles. The fourth-order valence-electron chi connectivity index (χ4n) is 3.00. The highest BCUT2D eigenvalue weighted by molar-refractivity contribution is 7.09. The molecule has 0 aromatic carbocycles. The molecule has 1 saturated heterocycles. The highest BCUT2D eigenvalue weighted by Crippen LogP contribution is 2.36. The number of hydrogen-bond acceptors (Lipinski definition) is 4. The third-order valence-electron chi connectivity index (χ3n) is 4.60. The first kappa shape index (κ1) is 15.2. The van der Waals surface area contributed by atoms with Gasteiger partial charge in [-0.25, -0.2) is 4.98 Å². The van der Waals surface area contributed by atoms with Crippen LogP contribution in [0, 0.1) is 6.92 Å². The van der Waals surface area contributed by atoms with E-state index in [-0.39, 0.29) is 11.3 Å². The Hall–Kier alpha value is -1.69. The van der Waals surface area contributed by atoms with Gasteiger partial charge in [-0.2, -0.15) is 5.10 Å².